The lowest BCUT2D eigenvalue weighted by Gasteiger charge is -2.32. The van der Waals surface area contributed by atoms with Crippen molar-refractivity contribution < 1.29 is 27.8 Å². The molecule has 1 fully saturated rings. The standard InChI is InChI=1S/C15H21NO6S/c1-3-16(12-5-4-8-22-10-12)23(19,20)14-7-6-11(15(17)18)9-13(14)21-2/h6-7,9,12H,3-5,8,10H2,1-2H3,(H,17,18). The topological polar surface area (TPSA) is 93.1 Å². The van der Waals surface area contributed by atoms with Crippen LogP contribution in [0.25, 0.3) is 0 Å². The highest BCUT2D eigenvalue weighted by molar-refractivity contribution is 7.89. The lowest BCUT2D eigenvalue weighted by molar-refractivity contribution is 0.0466. The summed E-state index contributed by atoms with van der Waals surface area (Å²) in [6.07, 6.45) is 1.55. The minimum Gasteiger partial charge on any atom is -0.495 e. The molecule has 128 valence electrons. The molecule has 1 aliphatic heterocycles. The molecule has 1 unspecified atom stereocenters. The van der Waals surface area contributed by atoms with E-state index in [0.717, 1.165) is 12.8 Å². The number of hydrogen-bond donors (Lipinski definition) is 1. The van der Waals surface area contributed by atoms with Crippen molar-refractivity contribution in [3.05, 3.63) is 23.8 Å². The molecule has 0 saturated carbocycles. The van der Waals surface area contributed by atoms with Crippen molar-refractivity contribution in [1.29, 1.82) is 0 Å². The SMILES string of the molecule is CCN(C1CCCOC1)S(=O)(=O)c1ccc(C(=O)O)cc1OC. The fourth-order valence-electron chi connectivity index (χ4n) is 2.72. The van der Waals surface area contributed by atoms with E-state index in [1.165, 1.54) is 29.6 Å². The van der Waals surface area contributed by atoms with Gasteiger partial charge in [0.15, 0.2) is 0 Å². The van der Waals surface area contributed by atoms with Gasteiger partial charge in [0, 0.05) is 19.2 Å². The number of carboxylic acids is 1. The molecule has 0 radical (unpaired) electrons. The zero-order valence-electron chi connectivity index (χ0n) is 13.2. The van der Waals surface area contributed by atoms with E-state index < -0.39 is 16.0 Å². The van der Waals surface area contributed by atoms with E-state index in [1.807, 2.05) is 0 Å². The molecular formula is C15H21NO6S. The van der Waals surface area contributed by atoms with Crippen molar-refractivity contribution in [2.45, 2.75) is 30.7 Å². The summed E-state index contributed by atoms with van der Waals surface area (Å²) in [7, 11) is -2.48. The van der Waals surface area contributed by atoms with Crippen molar-refractivity contribution in [2.24, 2.45) is 0 Å². The number of carbonyl (C=O) groups is 1. The predicted molar refractivity (Wildman–Crippen MR) is 83.4 cm³/mol. The number of nitrogens with zero attached hydrogens (tertiary/aromatic N) is 1. The Hall–Kier alpha value is -1.64. The van der Waals surface area contributed by atoms with Crippen molar-refractivity contribution in [3.8, 4) is 5.75 Å². The largest absolute Gasteiger partial charge is 0.495 e. The van der Waals surface area contributed by atoms with Crippen molar-refractivity contribution in [2.75, 3.05) is 26.9 Å². The van der Waals surface area contributed by atoms with E-state index in [1.54, 1.807) is 6.92 Å². The first-order valence-corrected chi connectivity index (χ1v) is 8.86. The Morgan fingerprint density at radius 3 is 2.74 bits per heavy atom. The maximum atomic E-state index is 13.0. The van der Waals surface area contributed by atoms with Crippen LogP contribution in [-0.2, 0) is 14.8 Å². The van der Waals surface area contributed by atoms with Crippen LogP contribution in [0.3, 0.4) is 0 Å². The summed E-state index contributed by atoms with van der Waals surface area (Å²) < 4.78 is 37.8. The number of rotatable bonds is 6. The molecule has 7 nitrogen and oxygen atoms in total. The fourth-order valence-corrected chi connectivity index (χ4v) is 4.50. The molecular weight excluding hydrogens is 322 g/mol. The molecule has 0 aliphatic carbocycles. The van der Waals surface area contributed by atoms with Crippen LogP contribution in [0.15, 0.2) is 23.1 Å². The third-order valence-electron chi connectivity index (χ3n) is 3.85. The first-order valence-electron chi connectivity index (χ1n) is 7.42. The quantitative estimate of drug-likeness (QED) is 0.843. The van der Waals surface area contributed by atoms with Gasteiger partial charge in [-0.3, -0.25) is 0 Å². The van der Waals surface area contributed by atoms with E-state index in [4.69, 9.17) is 14.6 Å². The number of ether oxygens (including phenoxy) is 2. The van der Waals surface area contributed by atoms with Gasteiger partial charge in [-0.25, -0.2) is 13.2 Å². The van der Waals surface area contributed by atoms with Gasteiger partial charge in [0.2, 0.25) is 10.0 Å². The normalized spacial score (nSPS) is 18.8. The second kappa shape index (κ2) is 7.29. The number of sulfonamides is 1. The van der Waals surface area contributed by atoms with Crippen LogP contribution in [0, 0.1) is 0 Å². The van der Waals surface area contributed by atoms with Gasteiger partial charge in [0.1, 0.15) is 10.6 Å². The third-order valence-corrected chi connectivity index (χ3v) is 5.92. The summed E-state index contributed by atoms with van der Waals surface area (Å²) in [5.41, 5.74) is -0.0233. The highest BCUT2D eigenvalue weighted by Gasteiger charge is 2.33. The van der Waals surface area contributed by atoms with Gasteiger partial charge in [0.05, 0.1) is 19.3 Å². The van der Waals surface area contributed by atoms with Crippen LogP contribution in [0.4, 0.5) is 0 Å². The predicted octanol–water partition coefficient (Wildman–Crippen LogP) is 1.58. The maximum absolute atomic E-state index is 13.0. The average molecular weight is 343 g/mol. The summed E-state index contributed by atoms with van der Waals surface area (Å²) in [6.45, 7) is 3.08. The molecule has 1 saturated heterocycles. The Bertz CT molecular complexity index is 667. The van der Waals surface area contributed by atoms with Crippen LogP contribution in [0.2, 0.25) is 0 Å². The van der Waals surface area contributed by atoms with Gasteiger partial charge in [-0.1, -0.05) is 6.92 Å². The Labute approximate surface area is 135 Å². The Balaban J connectivity index is 2.42. The summed E-state index contributed by atoms with van der Waals surface area (Å²) in [5.74, 6) is -1.11. The van der Waals surface area contributed by atoms with Crippen molar-refractivity contribution >= 4 is 16.0 Å². The average Bonchev–Trinajstić information content (AvgIpc) is 2.55. The first kappa shape index (κ1) is 17.7. The van der Waals surface area contributed by atoms with Gasteiger partial charge < -0.3 is 14.6 Å². The number of hydrogen-bond acceptors (Lipinski definition) is 5. The first-order chi connectivity index (χ1) is 10.9. The zero-order valence-corrected chi connectivity index (χ0v) is 14.0. The van der Waals surface area contributed by atoms with Gasteiger partial charge in [0.25, 0.3) is 0 Å². The molecule has 0 spiro atoms. The van der Waals surface area contributed by atoms with Crippen LogP contribution >= 0.6 is 0 Å². The number of methoxy groups -OCH3 is 1. The number of carboxylic acid groups (broad SMARTS) is 1. The molecule has 23 heavy (non-hydrogen) atoms. The third kappa shape index (κ3) is 3.65. The molecule has 0 bridgehead atoms. The summed E-state index contributed by atoms with van der Waals surface area (Å²) in [4.78, 5) is 11.0. The van der Waals surface area contributed by atoms with Gasteiger partial charge in [-0.05, 0) is 31.0 Å². The molecule has 8 heteroatoms. The highest BCUT2D eigenvalue weighted by atomic mass is 32.2. The van der Waals surface area contributed by atoms with Crippen LogP contribution in [0.5, 0.6) is 5.75 Å². The number of likely N-dealkylation sites (N-methyl/N-ethyl adjacent to an activating group) is 1. The Kier molecular flexibility index (Phi) is 5.61. The monoisotopic (exact) mass is 343 g/mol. The second-order valence-corrected chi connectivity index (χ2v) is 7.11. The molecule has 1 atom stereocenters. The van der Waals surface area contributed by atoms with Crippen molar-refractivity contribution in [1.82, 2.24) is 4.31 Å². The highest BCUT2D eigenvalue weighted by Crippen LogP contribution is 2.30. The fraction of sp³-hybridized carbons (Fsp3) is 0.533. The zero-order chi connectivity index (χ0) is 17.0. The van der Waals surface area contributed by atoms with Crippen LogP contribution < -0.4 is 4.74 Å². The molecule has 0 aromatic heterocycles. The lowest BCUT2D eigenvalue weighted by Crippen LogP contribution is -2.44. The molecule has 1 heterocycles. The van der Waals surface area contributed by atoms with Crippen LogP contribution in [0.1, 0.15) is 30.1 Å². The minimum atomic E-state index is -3.80. The van der Waals surface area contributed by atoms with E-state index in [0.29, 0.717) is 19.8 Å². The molecule has 0 amide bonds. The maximum Gasteiger partial charge on any atom is 0.335 e. The Morgan fingerprint density at radius 2 is 2.22 bits per heavy atom. The van der Waals surface area contributed by atoms with Crippen LogP contribution in [-0.4, -0.2) is 56.7 Å². The van der Waals surface area contributed by atoms with E-state index in [2.05, 4.69) is 0 Å². The van der Waals surface area contributed by atoms with E-state index in [-0.39, 0.29) is 22.3 Å². The lowest BCUT2D eigenvalue weighted by atomic mass is 10.1. The minimum absolute atomic E-state index is 0.0233. The smallest absolute Gasteiger partial charge is 0.335 e. The molecule has 2 rings (SSSR count). The second-order valence-electron chi connectivity index (χ2n) is 5.25. The van der Waals surface area contributed by atoms with E-state index >= 15 is 0 Å². The van der Waals surface area contributed by atoms with Gasteiger partial charge >= 0.3 is 5.97 Å². The molecule has 1 aromatic rings. The van der Waals surface area contributed by atoms with Gasteiger partial charge in [-0.2, -0.15) is 4.31 Å². The molecule has 1 aliphatic rings. The van der Waals surface area contributed by atoms with Gasteiger partial charge in [-0.15, -0.1) is 0 Å². The molecule has 1 aromatic carbocycles. The number of aromatic carboxylic acids is 1. The number of benzene rings is 1. The molecule has 1 N–H and O–H groups in total. The summed E-state index contributed by atoms with van der Waals surface area (Å²) >= 11 is 0. The van der Waals surface area contributed by atoms with E-state index in [9.17, 15) is 13.2 Å². The Morgan fingerprint density at radius 1 is 1.48 bits per heavy atom. The summed E-state index contributed by atoms with van der Waals surface area (Å²) in [6, 6.07) is 3.55. The van der Waals surface area contributed by atoms with Crippen molar-refractivity contribution in [3.63, 3.8) is 0 Å². The summed E-state index contributed by atoms with van der Waals surface area (Å²) in [5, 5.41) is 9.03.